The number of hydrogen-bond donors (Lipinski definition) is 2. The molecule has 1 aromatic rings. The fourth-order valence-electron chi connectivity index (χ4n) is 6.47. The van der Waals surface area contributed by atoms with Crippen LogP contribution < -0.4 is 0 Å². The van der Waals surface area contributed by atoms with E-state index >= 15 is 0 Å². The smallest absolute Gasteiger partial charge is 0.328 e. The van der Waals surface area contributed by atoms with Crippen LogP contribution in [-0.4, -0.2) is 33.8 Å². The highest BCUT2D eigenvalue weighted by molar-refractivity contribution is 5.75. The Labute approximate surface area is 153 Å². The van der Waals surface area contributed by atoms with Crippen LogP contribution in [0.2, 0.25) is 0 Å². The van der Waals surface area contributed by atoms with E-state index in [0.717, 1.165) is 24.3 Å². The van der Waals surface area contributed by atoms with E-state index in [2.05, 4.69) is 5.29 Å². The van der Waals surface area contributed by atoms with Gasteiger partial charge in [-0.3, -0.25) is 0 Å². The van der Waals surface area contributed by atoms with Crippen molar-refractivity contribution >= 4 is 5.97 Å². The molecule has 1 aromatic carbocycles. The summed E-state index contributed by atoms with van der Waals surface area (Å²) in [4.78, 5) is 24.2. The Morgan fingerprint density at radius 1 is 1.12 bits per heavy atom. The minimum atomic E-state index is -0.999. The number of benzene rings is 1. The Morgan fingerprint density at radius 3 is 2.08 bits per heavy atom. The van der Waals surface area contributed by atoms with Gasteiger partial charge in [0.15, 0.2) is 6.04 Å². The van der Waals surface area contributed by atoms with Gasteiger partial charge in [-0.25, -0.2) is 9.80 Å². The van der Waals surface area contributed by atoms with Gasteiger partial charge in [0, 0.05) is 5.41 Å². The van der Waals surface area contributed by atoms with Crippen molar-refractivity contribution in [3.8, 4) is 0 Å². The molecule has 2 atom stereocenters. The van der Waals surface area contributed by atoms with Gasteiger partial charge in [0.25, 0.3) is 0 Å². The lowest BCUT2D eigenvalue weighted by molar-refractivity contribution is -0.166. The molecular weight excluding hydrogens is 332 g/mol. The number of carbonyl (C=O) groups is 1. The maximum absolute atomic E-state index is 12.3. The van der Waals surface area contributed by atoms with E-state index in [1.54, 1.807) is 12.1 Å². The molecule has 0 spiro atoms. The average Bonchev–Trinajstić information content (AvgIpc) is 2.60. The monoisotopic (exact) mass is 358 g/mol. The molecule has 26 heavy (non-hydrogen) atoms. The number of hydrogen-bond acceptors (Lipinski definition) is 4. The van der Waals surface area contributed by atoms with E-state index in [1.165, 1.54) is 19.3 Å². The van der Waals surface area contributed by atoms with Gasteiger partial charge in [0.2, 0.25) is 0 Å². The van der Waals surface area contributed by atoms with Crippen LogP contribution >= 0.6 is 0 Å². The van der Waals surface area contributed by atoms with Gasteiger partial charge in [0.05, 0.1) is 17.9 Å². The summed E-state index contributed by atoms with van der Waals surface area (Å²) in [6.07, 6.45) is 6.16. The van der Waals surface area contributed by atoms with Crippen LogP contribution in [0.15, 0.2) is 35.6 Å². The van der Waals surface area contributed by atoms with Crippen molar-refractivity contribution in [1.82, 2.24) is 5.01 Å². The largest absolute Gasteiger partial charge is 0.480 e. The topological polar surface area (TPSA) is 90.2 Å². The molecule has 4 aliphatic rings. The first-order valence-electron chi connectivity index (χ1n) is 9.56. The van der Waals surface area contributed by atoms with Gasteiger partial charge in [-0.1, -0.05) is 30.3 Å². The fraction of sp³-hybridized carbons (Fsp3) is 0.650. The Bertz CT molecular complexity index is 642. The number of aliphatic hydroxyl groups is 1. The third-order valence-electron chi connectivity index (χ3n) is 6.94. The summed E-state index contributed by atoms with van der Waals surface area (Å²) < 4.78 is 0. The molecule has 0 aliphatic heterocycles. The normalized spacial score (nSPS) is 34.3. The van der Waals surface area contributed by atoms with E-state index in [0.29, 0.717) is 23.3 Å². The summed E-state index contributed by atoms with van der Waals surface area (Å²) in [5, 5.41) is 24.4. The van der Waals surface area contributed by atoms with Gasteiger partial charge in [-0.2, -0.15) is 0 Å². The third-order valence-corrected chi connectivity index (χ3v) is 6.94. The summed E-state index contributed by atoms with van der Waals surface area (Å²) in [6, 6.07) is 7.39. The Balaban J connectivity index is 1.71. The van der Waals surface area contributed by atoms with Crippen molar-refractivity contribution in [2.24, 2.45) is 28.5 Å². The number of carboxylic acids is 1. The molecule has 4 saturated carbocycles. The van der Waals surface area contributed by atoms with Crippen LogP contribution in [-0.2, 0) is 4.79 Å². The Morgan fingerprint density at radius 2 is 1.65 bits per heavy atom. The molecule has 0 radical (unpaired) electrons. The molecule has 0 amide bonds. The lowest BCUT2D eigenvalue weighted by Crippen LogP contribution is -2.59. The predicted molar refractivity (Wildman–Crippen MR) is 95.9 cm³/mol. The molecule has 6 heteroatoms. The lowest BCUT2D eigenvalue weighted by atomic mass is 9.47. The van der Waals surface area contributed by atoms with E-state index < -0.39 is 23.5 Å². The molecule has 4 aliphatic carbocycles. The van der Waals surface area contributed by atoms with Gasteiger partial charge < -0.3 is 10.2 Å². The number of aliphatic hydroxyl groups excluding tert-OH is 1. The highest BCUT2D eigenvalue weighted by atomic mass is 16.4. The Hall–Kier alpha value is -1.95. The van der Waals surface area contributed by atoms with E-state index in [-0.39, 0.29) is 6.61 Å². The summed E-state index contributed by atoms with van der Waals surface area (Å²) in [5.74, 6) is 0.712. The Kier molecular flexibility index (Phi) is 4.47. The van der Waals surface area contributed by atoms with Crippen LogP contribution in [0.3, 0.4) is 0 Å². The average molecular weight is 358 g/mol. The van der Waals surface area contributed by atoms with Crippen LogP contribution in [0.4, 0.5) is 0 Å². The zero-order chi connectivity index (χ0) is 18.3. The first kappa shape index (κ1) is 17.5. The SMILES string of the molecule is O=NN([C@@H](CO)c1ccccc1)[C@H](C(=O)O)C12CC3CC(CC(C3)C1)C2. The second-order valence-electron chi connectivity index (χ2n) is 8.59. The summed E-state index contributed by atoms with van der Waals surface area (Å²) in [7, 11) is 0. The molecule has 0 unspecified atom stereocenters. The molecule has 2 N–H and O–H groups in total. The molecule has 140 valence electrons. The summed E-state index contributed by atoms with van der Waals surface area (Å²) >= 11 is 0. The first-order chi connectivity index (χ1) is 12.6. The number of rotatable bonds is 7. The number of carboxylic acid groups (broad SMARTS) is 1. The minimum absolute atomic E-state index is 0.341. The van der Waals surface area contributed by atoms with Crippen LogP contribution in [0.1, 0.15) is 50.1 Å². The lowest BCUT2D eigenvalue weighted by Gasteiger charge is -2.59. The maximum Gasteiger partial charge on any atom is 0.328 e. The quantitative estimate of drug-likeness (QED) is 0.576. The van der Waals surface area contributed by atoms with E-state index in [4.69, 9.17) is 0 Å². The molecule has 6 nitrogen and oxygen atoms in total. The van der Waals surface area contributed by atoms with Gasteiger partial charge in [0.1, 0.15) is 0 Å². The molecule has 0 heterocycles. The number of nitrogens with zero attached hydrogens (tertiary/aromatic N) is 2. The molecule has 4 fully saturated rings. The highest BCUT2D eigenvalue weighted by Crippen LogP contribution is 2.62. The molecule has 0 aromatic heterocycles. The fourth-order valence-corrected chi connectivity index (χ4v) is 6.47. The molecule has 5 rings (SSSR count). The van der Waals surface area contributed by atoms with Gasteiger partial charge in [-0.05, 0) is 61.8 Å². The second kappa shape index (κ2) is 6.65. The van der Waals surface area contributed by atoms with Crippen LogP contribution in [0.5, 0.6) is 0 Å². The maximum atomic E-state index is 12.3. The van der Waals surface area contributed by atoms with E-state index in [9.17, 15) is 19.9 Å². The van der Waals surface area contributed by atoms with Crippen molar-refractivity contribution in [2.75, 3.05) is 6.61 Å². The van der Waals surface area contributed by atoms with Crippen molar-refractivity contribution in [2.45, 2.75) is 50.6 Å². The first-order valence-corrected chi connectivity index (χ1v) is 9.56. The van der Waals surface area contributed by atoms with Gasteiger partial charge in [-0.15, -0.1) is 4.91 Å². The zero-order valence-electron chi connectivity index (χ0n) is 14.8. The standard InChI is InChI=1S/C20H26N2O4/c23-12-17(16-4-2-1-3-5-16)22(21-26)18(19(24)25)20-9-13-6-14(10-20)8-15(7-13)11-20/h1-5,13-15,17-18,23H,6-12H2,(H,24,25)/t13?,14?,15?,17-,18+,20?/m0/s1. The second-order valence-corrected chi connectivity index (χ2v) is 8.59. The van der Waals surface area contributed by atoms with Gasteiger partial charge >= 0.3 is 5.97 Å². The predicted octanol–water partition coefficient (Wildman–Crippen LogP) is 3.37. The van der Waals surface area contributed by atoms with Crippen molar-refractivity contribution in [3.63, 3.8) is 0 Å². The zero-order valence-corrected chi connectivity index (χ0v) is 14.8. The van der Waals surface area contributed by atoms with Crippen molar-refractivity contribution in [1.29, 1.82) is 0 Å². The molecule has 0 saturated heterocycles. The van der Waals surface area contributed by atoms with Crippen LogP contribution in [0.25, 0.3) is 0 Å². The minimum Gasteiger partial charge on any atom is -0.480 e. The molecule has 4 bridgehead atoms. The van der Waals surface area contributed by atoms with Crippen LogP contribution in [0, 0.1) is 28.1 Å². The molecular formula is C20H26N2O4. The van der Waals surface area contributed by atoms with E-state index in [1.807, 2.05) is 18.2 Å². The summed E-state index contributed by atoms with van der Waals surface area (Å²) in [6.45, 7) is -0.341. The third kappa shape index (κ3) is 2.80. The number of aliphatic carboxylic acids is 1. The number of nitroso groups, excluding NO2 is 1. The van der Waals surface area contributed by atoms with Crippen molar-refractivity contribution in [3.05, 3.63) is 40.8 Å². The van der Waals surface area contributed by atoms with Crippen molar-refractivity contribution < 1.29 is 15.0 Å². The highest BCUT2D eigenvalue weighted by Gasteiger charge is 2.58. The summed E-state index contributed by atoms with van der Waals surface area (Å²) in [5.41, 5.74) is 0.307.